The molecule has 0 amide bonds. The summed E-state index contributed by atoms with van der Waals surface area (Å²) in [5, 5.41) is 26.8. The molecule has 0 aromatic heterocycles. The van der Waals surface area contributed by atoms with Gasteiger partial charge in [0, 0.05) is 16.7 Å². The number of methoxy groups -OCH3 is 1. The van der Waals surface area contributed by atoms with E-state index in [1.165, 1.54) is 19.4 Å². The number of benzene rings is 3. The van der Waals surface area contributed by atoms with Crippen molar-refractivity contribution >= 4 is 46.5 Å². The topological polar surface area (TPSA) is 129 Å². The van der Waals surface area contributed by atoms with Crippen LogP contribution in [0.2, 0.25) is 10.0 Å². The standard InChI is InChI=1S/C21H16Cl2N4O6/c1-32-20-9-13(8-17(23)21(20)33-12-14-4-2-3-5-16(14)22)11-24-25-18-7-6-15(26(28)29)10-19(18)27(30)31/h2-11,25H,12H2,1H3/b24-11-. The zero-order valence-corrected chi connectivity index (χ0v) is 18.5. The Morgan fingerprint density at radius 2 is 1.79 bits per heavy atom. The van der Waals surface area contributed by atoms with Crippen LogP contribution in [-0.4, -0.2) is 23.2 Å². The van der Waals surface area contributed by atoms with Crippen LogP contribution in [0.4, 0.5) is 17.1 Å². The maximum Gasteiger partial charge on any atom is 0.301 e. The van der Waals surface area contributed by atoms with E-state index in [2.05, 4.69) is 10.5 Å². The van der Waals surface area contributed by atoms with E-state index in [4.69, 9.17) is 32.7 Å². The molecule has 0 spiro atoms. The summed E-state index contributed by atoms with van der Waals surface area (Å²) in [5.74, 6) is 0.660. The Balaban J connectivity index is 1.78. The van der Waals surface area contributed by atoms with Gasteiger partial charge in [-0.2, -0.15) is 5.10 Å². The largest absolute Gasteiger partial charge is 0.493 e. The molecule has 3 rings (SSSR count). The van der Waals surface area contributed by atoms with Crippen molar-refractivity contribution in [3.05, 3.63) is 96.0 Å². The van der Waals surface area contributed by atoms with Crippen molar-refractivity contribution in [1.82, 2.24) is 0 Å². The summed E-state index contributed by atoms with van der Waals surface area (Å²) in [7, 11) is 1.45. The van der Waals surface area contributed by atoms with Gasteiger partial charge in [-0.05, 0) is 29.8 Å². The van der Waals surface area contributed by atoms with Crippen molar-refractivity contribution in [2.24, 2.45) is 5.10 Å². The summed E-state index contributed by atoms with van der Waals surface area (Å²) in [6.07, 6.45) is 1.36. The summed E-state index contributed by atoms with van der Waals surface area (Å²) in [5.41, 5.74) is 2.89. The minimum Gasteiger partial charge on any atom is -0.493 e. The van der Waals surface area contributed by atoms with Crippen LogP contribution >= 0.6 is 23.2 Å². The molecule has 0 unspecified atom stereocenters. The van der Waals surface area contributed by atoms with Gasteiger partial charge in [0.2, 0.25) is 0 Å². The third-order valence-corrected chi connectivity index (χ3v) is 5.02. The van der Waals surface area contributed by atoms with Gasteiger partial charge in [0.25, 0.3) is 5.69 Å². The lowest BCUT2D eigenvalue weighted by Crippen LogP contribution is -2.01. The first-order valence-corrected chi connectivity index (χ1v) is 10.0. The van der Waals surface area contributed by atoms with Gasteiger partial charge >= 0.3 is 5.69 Å². The zero-order chi connectivity index (χ0) is 24.0. The van der Waals surface area contributed by atoms with Gasteiger partial charge in [-0.1, -0.05) is 41.4 Å². The number of non-ortho nitro benzene ring substituents is 1. The van der Waals surface area contributed by atoms with Crippen LogP contribution in [0.5, 0.6) is 11.5 Å². The number of nitrogens with one attached hydrogen (secondary N) is 1. The molecule has 0 atom stereocenters. The fourth-order valence-electron chi connectivity index (χ4n) is 2.78. The lowest BCUT2D eigenvalue weighted by atomic mass is 10.2. The van der Waals surface area contributed by atoms with Crippen LogP contribution in [0.3, 0.4) is 0 Å². The van der Waals surface area contributed by atoms with Gasteiger partial charge in [-0.25, -0.2) is 0 Å². The van der Waals surface area contributed by atoms with Crippen LogP contribution in [0.25, 0.3) is 0 Å². The number of nitro groups is 2. The van der Waals surface area contributed by atoms with Crippen molar-refractivity contribution in [3.8, 4) is 11.5 Å². The Labute approximate surface area is 197 Å². The molecule has 0 radical (unpaired) electrons. The second kappa shape index (κ2) is 10.6. The zero-order valence-electron chi connectivity index (χ0n) is 17.0. The molecule has 0 fully saturated rings. The average Bonchev–Trinajstić information content (AvgIpc) is 2.79. The molecule has 33 heavy (non-hydrogen) atoms. The first kappa shape index (κ1) is 23.8. The minimum absolute atomic E-state index is 0.0143. The van der Waals surface area contributed by atoms with Gasteiger partial charge in [-0.15, -0.1) is 0 Å². The fraction of sp³-hybridized carbons (Fsp3) is 0.0952. The second-order valence-corrected chi connectivity index (χ2v) is 7.31. The number of ether oxygens (including phenoxy) is 2. The van der Waals surface area contributed by atoms with Crippen LogP contribution in [-0.2, 0) is 6.61 Å². The molecule has 3 aromatic rings. The van der Waals surface area contributed by atoms with E-state index in [-0.39, 0.29) is 17.3 Å². The summed E-state index contributed by atoms with van der Waals surface area (Å²) in [6.45, 7) is 0.175. The number of anilines is 1. The highest BCUT2D eigenvalue weighted by Crippen LogP contribution is 2.37. The first-order valence-electron chi connectivity index (χ1n) is 9.25. The molecule has 0 saturated heterocycles. The molecule has 0 heterocycles. The predicted molar refractivity (Wildman–Crippen MR) is 125 cm³/mol. The van der Waals surface area contributed by atoms with Crippen molar-refractivity contribution in [2.45, 2.75) is 6.61 Å². The number of nitrogens with zero attached hydrogens (tertiary/aromatic N) is 3. The first-order chi connectivity index (χ1) is 15.8. The smallest absolute Gasteiger partial charge is 0.301 e. The van der Waals surface area contributed by atoms with E-state index in [9.17, 15) is 20.2 Å². The SMILES string of the molecule is COc1cc(/C=N\Nc2ccc([N+](=O)[O-])cc2[N+](=O)[O-])cc(Cl)c1OCc1ccccc1Cl. The predicted octanol–water partition coefficient (Wildman–Crippen LogP) is 5.84. The highest BCUT2D eigenvalue weighted by Gasteiger charge is 2.19. The quantitative estimate of drug-likeness (QED) is 0.226. The summed E-state index contributed by atoms with van der Waals surface area (Å²) >= 11 is 12.5. The highest BCUT2D eigenvalue weighted by molar-refractivity contribution is 6.32. The Kier molecular flexibility index (Phi) is 7.65. The van der Waals surface area contributed by atoms with Crippen molar-refractivity contribution < 1.29 is 19.3 Å². The van der Waals surface area contributed by atoms with E-state index >= 15 is 0 Å². The Morgan fingerprint density at radius 3 is 2.45 bits per heavy atom. The van der Waals surface area contributed by atoms with Crippen molar-refractivity contribution in [3.63, 3.8) is 0 Å². The van der Waals surface area contributed by atoms with Gasteiger partial charge < -0.3 is 9.47 Å². The van der Waals surface area contributed by atoms with Crippen LogP contribution in [0, 0.1) is 20.2 Å². The molecule has 12 heteroatoms. The van der Waals surface area contributed by atoms with Crippen molar-refractivity contribution in [1.29, 1.82) is 0 Å². The van der Waals surface area contributed by atoms with Gasteiger partial charge in [0.05, 0.1) is 34.3 Å². The van der Waals surface area contributed by atoms with Crippen molar-refractivity contribution in [2.75, 3.05) is 12.5 Å². The molecule has 170 valence electrons. The summed E-state index contributed by atoms with van der Waals surface area (Å²) in [6, 6.07) is 13.6. The average molecular weight is 491 g/mol. The highest BCUT2D eigenvalue weighted by atomic mass is 35.5. The second-order valence-electron chi connectivity index (χ2n) is 6.50. The maximum atomic E-state index is 11.2. The van der Waals surface area contributed by atoms with E-state index in [0.29, 0.717) is 22.1 Å². The monoisotopic (exact) mass is 490 g/mol. The Bertz CT molecular complexity index is 1240. The molecular weight excluding hydrogens is 475 g/mol. The number of nitro benzene ring substituents is 2. The fourth-order valence-corrected chi connectivity index (χ4v) is 3.24. The van der Waals surface area contributed by atoms with E-state index in [1.54, 1.807) is 18.2 Å². The minimum atomic E-state index is -0.740. The van der Waals surface area contributed by atoms with Crippen LogP contribution in [0.1, 0.15) is 11.1 Å². The van der Waals surface area contributed by atoms with Crippen LogP contribution in [0.15, 0.2) is 59.7 Å². The van der Waals surface area contributed by atoms with Crippen LogP contribution < -0.4 is 14.9 Å². The molecule has 10 nitrogen and oxygen atoms in total. The lowest BCUT2D eigenvalue weighted by molar-refractivity contribution is -0.393. The molecule has 1 N–H and O–H groups in total. The Morgan fingerprint density at radius 1 is 1.03 bits per heavy atom. The molecule has 0 bridgehead atoms. The normalized spacial score (nSPS) is 10.8. The number of hydrazone groups is 1. The number of hydrogen-bond acceptors (Lipinski definition) is 8. The van der Waals surface area contributed by atoms with Gasteiger partial charge in [0.1, 0.15) is 12.3 Å². The lowest BCUT2D eigenvalue weighted by Gasteiger charge is -2.14. The van der Waals surface area contributed by atoms with E-state index in [0.717, 1.165) is 17.7 Å². The molecule has 0 aliphatic heterocycles. The Hall–Kier alpha value is -3.89. The third kappa shape index (κ3) is 5.88. The third-order valence-electron chi connectivity index (χ3n) is 4.37. The summed E-state index contributed by atoms with van der Waals surface area (Å²) in [4.78, 5) is 20.6. The summed E-state index contributed by atoms with van der Waals surface area (Å²) < 4.78 is 11.2. The van der Waals surface area contributed by atoms with E-state index < -0.39 is 21.2 Å². The van der Waals surface area contributed by atoms with Gasteiger partial charge in [0.15, 0.2) is 11.5 Å². The number of hydrogen-bond donors (Lipinski definition) is 1. The number of rotatable bonds is 9. The molecule has 0 aliphatic rings. The maximum absolute atomic E-state index is 11.2. The molecule has 0 saturated carbocycles. The molecule has 0 aliphatic carbocycles. The number of halogens is 2. The van der Waals surface area contributed by atoms with Gasteiger partial charge in [-0.3, -0.25) is 25.7 Å². The van der Waals surface area contributed by atoms with E-state index in [1.807, 2.05) is 18.2 Å². The molecular formula is C21H16Cl2N4O6. The molecule has 3 aromatic carbocycles.